The van der Waals surface area contributed by atoms with Gasteiger partial charge in [0.05, 0.1) is 54.4 Å². The van der Waals surface area contributed by atoms with E-state index in [4.69, 9.17) is 15.0 Å². The van der Waals surface area contributed by atoms with Gasteiger partial charge in [-0.15, -0.1) is 0 Å². The summed E-state index contributed by atoms with van der Waals surface area (Å²) in [6, 6.07) is 0. The van der Waals surface area contributed by atoms with Crippen LogP contribution in [0.1, 0.15) is 91.9 Å². The molecule has 0 amide bonds. The van der Waals surface area contributed by atoms with Crippen LogP contribution >= 0.6 is 0 Å². The highest BCUT2D eigenvalue weighted by Gasteiger charge is 2.10. The van der Waals surface area contributed by atoms with Crippen LogP contribution in [-0.4, -0.2) is 69.5 Å². The molecule has 0 saturated carbocycles. The molecule has 0 aliphatic heterocycles. The number of rotatable bonds is 14. The maximum absolute atomic E-state index is 8.33. The zero-order valence-corrected chi connectivity index (χ0v) is 20.5. The summed E-state index contributed by atoms with van der Waals surface area (Å²) < 4.78 is 2.37. The first kappa shape index (κ1) is 31.9. The molecule has 0 aliphatic rings. The Balaban J connectivity index is -0.000000375. The van der Waals surface area contributed by atoms with E-state index in [-0.39, 0.29) is 0 Å². The summed E-state index contributed by atoms with van der Waals surface area (Å²) in [6.45, 7) is 14.3. The fourth-order valence-corrected chi connectivity index (χ4v) is 2.60. The number of carbonyl (C=O) groups is 1. The highest BCUT2D eigenvalue weighted by atomic mass is 16.6. The lowest BCUT2D eigenvalue weighted by Gasteiger charge is -2.28. The molecule has 5 heteroatoms. The van der Waals surface area contributed by atoms with Crippen molar-refractivity contribution in [3.63, 3.8) is 0 Å². The lowest BCUT2D eigenvalue weighted by Crippen LogP contribution is -2.39. The molecule has 0 saturated heterocycles. The Kier molecular flexibility index (Phi) is 23.8. The second-order valence-corrected chi connectivity index (χ2v) is 9.03. The van der Waals surface area contributed by atoms with Gasteiger partial charge in [-0.25, -0.2) is 0 Å². The van der Waals surface area contributed by atoms with Crippen molar-refractivity contribution in [3.05, 3.63) is 0 Å². The standard InChI is InChI=1S/2C11H26N.CH2O3/c2*1-5-7-8-9-10-11-12(3,4)6-2;2-1(3)4/h2*5-11H2,1-4H3;(H2,2,3,4)/q2*+1;/p-2. The fraction of sp³-hybridized carbons (Fsp3) is 0.957. The van der Waals surface area contributed by atoms with Gasteiger partial charge < -0.3 is 24.0 Å². The van der Waals surface area contributed by atoms with Crippen molar-refractivity contribution in [2.45, 2.75) is 91.9 Å². The number of quaternary nitrogens is 2. The van der Waals surface area contributed by atoms with Crippen molar-refractivity contribution >= 4 is 6.16 Å². The van der Waals surface area contributed by atoms with Crippen molar-refractivity contribution in [1.29, 1.82) is 0 Å². The zero-order chi connectivity index (χ0) is 22.5. The smallest absolute Gasteiger partial charge is 0.0782 e. The number of unbranched alkanes of at least 4 members (excludes halogenated alkanes) is 8. The third-order valence-corrected chi connectivity index (χ3v) is 5.45. The molecule has 0 spiro atoms. The number of nitrogens with zero attached hydrogens (tertiary/aromatic N) is 2. The van der Waals surface area contributed by atoms with Gasteiger partial charge in [0.15, 0.2) is 0 Å². The number of hydrogen-bond acceptors (Lipinski definition) is 3. The van der Waals surface area contributed by atoms with Crippen molar-refractivity contribution in [2.24, 2.45) is 0 Å². The van der Waals surface area contributed by atoms with Gasteiger partial charge in [-0.3, -0.25) is 0 Å². The van der Waals surface area contributed by atoms with E-state index < -0.39 is 6.16 Å². The lowest BCUT2D eigenvalue weighted by atomic mass is 10.1. The molecule has 0 fully saturated rings. The van der Waals surface area contributed by atoms with Crippen LogP contribution in [0.5, 0.6) is 0 Å². The van der Waals surface area contributed by atoms with E-state index in [9.17, 15) is 0 Å². The molecule has 0 unspecified atom stereocenters. The molecule has 5 nitrogen and oxygen atoms in total. The highest BCUT2D eigenvalue weighted by molar-refractivity contribution is 5.47. The van der Waals surface area contributed by atoms with Gasteiger partial charge in [0, 0.05) is 0 Å². The molecular formula is C23H52N2O3. The van der Waals surface area contributed by atoms with E-state index in [1.165, 1.54) is 99.4 Å². The van der Waals surface area contributed by atoms with Crippen LogP contribution in [0, 0.1) is 0 Å². The molecule has 0 bridgehead atoms. The normalized spacial score (nSPS) is 11.1. The zero-order valence-electron chi connectivity index (χ0n) is 20.5. The predicted molar refractivity (Wildman–Crippen MR) is 118 cm³/mol. The lowest BCUT2D eigenvalue weighted by molar-refractivity contribution is -0.888. The molecule has 172 valence electrons. The molecule has 0 aliphatic carbocycles. The minimum atomic E-state index is -2.33. The summed E-state index contributed by atoms with van der Waals surface area (Å²) in [5.41, 5.74) is 0. The first-order chi connectivity index (χ1) is 13.0. The molecule has 0 N–H and O–H groups in total. The van der Waals surface area contributed by atoms with Crippen molar-refractivity contribution in [2.75, 3.05) is 54.4 Å². The topological polar surface area (TPSA) is 63.2 Å². The van der Waals surface area contributed by atoms with E-state index in [1.807, 2.05) is 0 Å². The van der Waals surface area contributed by atoms with Gasteiger partial charge in [0.2, 0.25) is 0 Å². The van der Waals surface area contributed by atoms with Gasteiger partial charge >= 0.3 is 0 Å². The third kappa shape index (κ3) is 32.8. The fourth-order valence-electron chi connectivity index (χ4n) is 2.60. The molecule has 0 aromatic heterocycles. The predicted octanol–water partition coefficient (Wildman–Crippen LogP) is 3.66. The summed E-state index contributed by atoms with van der Waals surface area (Å²) in [4.78, 5) is 8.33. The number of carboxylic acid groups (broad SMARTS) is 2. The summed E-state index contributed by atoms with van der Waals surface area (Å²) in [7, 11) is 9.28. The summed E-state index contributed by atoms with van der Waals surface area (Å²) in [6.07, 6.45) is 11.7. The molecule has 0 atom stereocenters. The Morgan fingerprint density at radius 1 is 0.571 bits per heavy atom. The van der Waals surface area contributed by atoms with Crippen LogP contribution in [0.3, 0.4) is 0 Å². The second kappa shape index (κ2) is 20.9. The van der Waals surface area contributed by atoms with Crippen molar-refractivity contribution in [3.8, 4) is 0 Å². The average molecular weight is 405 g/mol. The molecule has 0 aromatic carbocycles. The van der Waals surface area contributed by atoms with E-state index in [2.05, 4.69) is 55.9 Å². The van der Waals surface area contributed by atoms with Gasteiger partial charge in [0.25, 0.3) is 0 Å². The molecule has 0 rings (SSSR count). The first-order valence-electron chi connectivity index (χ1n) is 11.5. The van der Waals surface area contributed by atoms with Gasteiger partial charge in [-0.05, 0) is 45.7 Å². The minimum absolute atomic E-state index is 1.19. The summed E-state index contributed by atoms with van der Waals surface area (Å²) in [5, 5.41) is 16.7. The first-order valence-corrected chi connectivity index (χ1v) is 11.5. The largest absolute Gasteiger partial charge is 0.652 e. The van der Waals surface area contributed by atoms with Crippen LogP contribution in [0.25, 0.3) is 0 Å². The molecule has 0 radical (unpaired) electrons. The number of hydrogen-bond donors (Lipinski definition) is 0. The Morgan fingerprint density at radius 3 is 1.04 bits per heavy atom. The maximum Gasteiger partial charge on any atom is 0.0782 e. The third-order valence-electron chi connectivity index (χ3n) is 5.45. The Morgan fingerprint density at radius 2 is 0.821 bits per heavy atom. The van der Waals surface area contributed by atoms with E-state index in [1.54, 1.807) is 0 Å². The Labute approximate surface area is 176 Å². The Hall–Kier alpha value is -0.810. The second-order valence-electron chi connectivity index (χ2n) is 9.03. The van der Waals surface area contributed by atoms with Gasteiger partial charge in [-0.1, -0.05) is 52.4 Å². The SMILES string of the molecule is CCCCCCC[N+](C)(C)CC.CCCCCCC[N+](C)(C)CC.O=C([O-])[O-]. The van der Waals surface area contributed by atoms with Gasteiger partial charge in [-0.2, -0.15) is 0 Å². The van der Waals surface area contributed by atoms with Crippen LogP contribution in [0.2, 0.25) is 0 Å². The number of carbonyl (C=O) groups excluding carboxylic acids is 1. The van der Waals surface area contributed by atoms with E-state index in [0.29, 0.717) is 0 Å². The molecule has 0 aromatic rings. The Bertz CT molecular complexity index is 302. The minimum Gasteiger partial charge on any atom is -0.652 e. The van der Waals surface area contributed by atoms with Crippen LogP contribution < -0.4 is 10.2 Å². The average Bonchev–Trinajstić information content (AvgIpc) is 2.61. The van der Waals surface area contributed by atoms with E-state index >= 15 is 0 Å². The van der Waals surface area contributed by atoms with Crippen LogP contribution in [0.4, 0.5) is 4.79 Å². The molecule has 28 heavy (non-hydrogen) atoms. The molecule has 0 heterocycles. The monoisotopic (exact) mass is 404 g/mol. The summed E-state index contributed by atoms with van der Waals surface area (Å²) in [5.74, 6) is 0. The van der Waals surface area contributed by atoms with Crippen molar-refractivity contribution < 1.29 is 24.0 Å². The van der Waals surface area contributed by atoms with Crippen molar-refractivity contribution in [1.82, 2.24) is 0 Å². The summed E-state index contributed by atoms with van der Waals surface area (Å²) >= 11 is 0. The maximum atomic E-state index is 8.33. The van der Waals surface area contributed by atoms with Crippen LogP contribution in [0.15, 0.2) is 0 Å². The van der Waals surface area contributed by atoms with Crippen LogP contribution in [-0.2, 0) is 0 Å². The van der Waals surface area contributed by atoms with E-state index in [0.717, 1.165) is 0 Å². The quantitative estimate of drug-likeness (QED) is 0.328. The van der Waals surface area contributed by atoms with Gasteiger partial charge in [0.1, 0.15) is 0 Å². The highest BCUT2D eigenvalue weighted by Crippen LogP contribution is 2.07. The molecular weight excluding hydrogens is 352 g/mol.